The molecule has 0 aromatic heterocycles. The van der Waals surface area contributed by atoms with Gasteiger partial charge in [0.2, 0.25) is 0 Å². The summed E-state index contributed by atoms with van der Waals surface area (Å²) in [6, 6.07) is 6.52. The molecule has 0 radical (unpaired) electrons. The van der Waals surface area contributed by atoms with Gasteiger partial charge in [0.15, 0.2) is 0 Å². The highest BCUT2D eigenvalue weighted by Crippen LogP contribution is 2.33. The first-order valence-corrected chi connectivity index (χ1v) is 8.22. The van der Waals surface area contributed by atoms with Crippen LogP contribution in [0.2, 0.25) is 0 Å². The zero-order valence-corrected chi connectivity index (χ0v) is 13.8. The van der Waals surface area contributed by atoms with Crippen molar-refractivity contribution in [2.75, 3.05) is 0 Å². The number of aliphatic hydroxyl groups excluding tert-OH is 1. The van der Waals surface area contributed by atoms with E-state index >= 15 is 0 Å². The highest BCUT2D eigenvalue weighted by atomic mass is 79.9. The quantitative estimate of drug-likeness (QED) is 0.859. The van der Waals surface area contributed by atoms with Crippen LogP contribution in [0.4, 0.5) is 0 Å². The van der Waals surface area contributed by atoms with E-state index in [1.807, 2.05) is 12.1 Å². The molecule has 1 aliphatic rings. The van der Waals surface area contributed by atoms with Gasteiger partial charge in [-0.3, -0.25) is 0 Å². The first-order chi connectivity index (χ1) is 9.58. The largest absolute Gasteiger partial charge is 0.486 e. The van der Waals surface area contributed by atoms with Crippen LogP contribution < -0.4 is 10.1 Å². The maximum absolute atomic E-state index is 10.1. The molecule has 2 unspecified atom stereocenters. The third kappa shape index (κ3) is 4.21. The summed E-state index contributed by atoms with van der Waals surface area (Å²) in [5.41, 5.74) is 1.13. The van der Waals surface area contributed by atoms with Crippen LogP contribution in [0.15, 0.2) is 22.7 Å². The third-order valence-electron chi connectivity index (χ3n) is 3.69. The van der Waals surface area contributed by atoms with Gasteiger partial charge in [0.1, 0.15) is 11.9 Å². The lowest BCUT2D eigenvalue weighted by Crippen LogP contribution is -2.35. The van der Waals surface area contributed by atoms with Crippen LogP contribution in [0.1, 0.15) is 45.1 Å². The van der Waals surface area contributed by atoms with Crippen molar-refractivity contribution in [2.45, 2.75) is 64.3 Å². The molecular formula is C16H24BrNO2. The summed E-state index contributed by atoms with van der Waals surface area (Å²) in [6.45, 7) is 5.03. The molecule has 0 bridgehead atoms. The highest BCUT2D eigenvalue weighted by molar-refractivity contribution is 9.10. The Morgan fingerprint density at radius 1 is 1.35 bits per heavy atom. The van der Waals surface area contributed by atoms with Crippen molar-refractivity contribution in [3.05, 3.63) is 28.2 Å². The molecule has 2 N–H and O–H groups in total. The maximum atomic E-state index is 10.1. The van der Waals surface area contributed by atoms with E-state index in [9.17, 15) is 5.11 Å². The minimum absolute atomic E-state index is 0.0831. The van der Waals surface area contributed by atoms with Gasteiger partial charge < -0.3 is 15.2 Å². The molecule has 1 aromatic carbocycles. The van der Waals surface area contributed by atoms with Gasteiger partial charge in [-0.05, 0) is 41.3 Å². The van der Waals surface area contributed by atoms with E-state index in [1.165, 1.54) is 0 Å². The lowest BCUT2D eigenvalue weighted by atomic mass is 9.95. The smallest absolute Gasteiger partial charge is 0.138 e. The SMILES string of the molecule is CC(C)NCc1cccc(Br)c1OC1CCCCC1O. The fourth-order valence-corrected chi connectivity index (χ4v) is 3.01. The van der Waals surface area contributed by atoms with Crippen LogP contribution >= 0.6 is 15.9 Å². The van der Waals surface area contributed by atoms with E-state index < -0.39 is 0 Å². The lowest BCUT2D eigenvalue weighted by molar-refractivity contribution is 0.00595. The lowest BCUT2D eigenvalue weighted by Gasteiger charge is -2.29. The number of ether oxygens (including phenoxy) is 1. The molecule has 1 aromatic rings. The summed E-state index contributed by atoms with van der Waals surface area (Å²) in [4.78, 5) is 0. The number of benzene rings is 1. The van der Waals surface area contributed by atoms with Gasteiger partial charge in [0.05, 0.1) is 10.6 Å². The van der Waals surface area contributed by atoms with Crippen molar-refractivity contribution in [2.24, 2.45) is 0 Å². The molecule has 0 spiro atoms. The number of hydrogen-bond acceptors (Lipinski definition) is 3. The Kier molecular flexibility index (Phi) is 5.87. The second kappa shape index (κ2) is 7.43. The van der Waals surface area contributed by atoms with Crippen molar-refractivity contribution in [3.63, 3.8) is 0 Å². The maximum Gasteiger partial charge on any atom is 0.138 e. The predicted octanol–water partition coefficient (Wildman–Crippen LogP) is 3.63. The summed E-state index contributed by atoms with van der Waals surface area (Å²) in [5.74, 6) is 0.867. The number of aliphatic hydroxyl groups is 1. The van der Waals surface area contributed by atoms with Gasteiger partial charge in [-0.1, -0.05) is 32.4 Å². The summed E-state index contributed by atoms with van der Waals surface area (Å²) in [5, 5.41) is 13.5. The van der Waals surface area contributed by atoms with Crippen LogP contribution in [0.25, 0.3) is 0 Å². The molecule has 3 nitrogen and oxygen atoms in total. The molecule has 0 saturated heterocycles. The van der Waals surface area contributed by atoms with Crippen molar-refractivity contribution in [1.29, 1.82) is 0 Å². The van der Waals surface area contributed by atoms with Crippen LogP contribution in [-0.4, -0.2) is 23.4 Å². The fraction of sp³-hybridized carbons (Fsp3) is 0.625. The molecule has 0 aliphatic heterocycles. The Bertz CT molecular complexity index is 436. The molecule has 2 rings (SSSR count). The van der Waals surface area contributed by atoms with Gasteiger partial charge in [0, 0.05) is 18.2 Å². The van der Waals surface area contributed by atoms with Crippen LogP contribution in [0.5, 0.6) is 5.75 Å². The molecule has 20 heavy (non-hydrogen) atoms. The molecule has 4 heteroatoms. The Hall–Kier alpha value is -0.580. The molecule has 0 heterocycles. The number of hydrogen-bond donors (Lipinski definition) is 2. The molecular weight excluding hydrogens is 318 g/mol. The predicted molar refractivity (Wildman–Crippen MR) is 85.0 cm³/mol. The van der Waals surface area contributed by atoms with Crippen LogP contribution in [0, 0.1) is 0 Å². The Balaban J connectivity index is 2.12. The van der Waals surface area contributed by atoms with Gasteiger partial charge in [0.25, 0.3) is 0 Å². The zero-order valence-electron chi connectivity index (χ0n) is 12.2. The summed E-state index contributed by atoms with van der Waals surface area (Å²) < 4.78 is 7.08. The Labute approximate surface area is 129 Å². The average molecular weight is 342 g/mol. The van der Waals surface area contributed by atoms with Crippen molar-refractivity contribution in [3.8, 4) is 5.75 Å². The normalized spacial score (nSPS) is 23.1. The second-order valence-corrected chi connectivity index (χ2v) is 6.63. The third-order valence-corrected chi connectivity index (χ3v) is 4.31. The van der Waals surface area contributed by atoms with Crippen LogP contribution in [-0.2, 0) is 6.54 Å². The molecule has 1 saturated carbocycles. The van der Waals surface area contributed by atoms with Crippen molar-refractivity contribution < 1.29 is 9.84 Å². The van der Waals surface area contributed by atoms with E-state index in [1.54, 1.807) is 0 Å². The minimum Gasteiger partial charge on any atom is -0.486 e. The van der Waals surface area contributed by atoms with Gasteiger partial charge in [-0.2, -0.15) is 0 Å². The number of halogens is 1. The monoisotopic (exact) mass is 341 g/mol. The number of nitrogens with one attached hydrogen (secondary N) is 1. The van der Waals surface area contributed by atoms with Gasteiger partial charge in [-0.25, -0.2) is 0 Å². The van der Waals surface area contributed by atoms with Gasteiger partial charge in [-0.15, -0.1) is 0 Å². The number of para-hydroxylation sites is 1. The van der Waals surface area contributed by atoms with Crippen molar-refractivity contribution >= 4 is 15.9 Å². The molecule has 1 aliphatic carbocycles. The molecule has 0 amide bonds. The first-order valence-electron chi connectivity index (χ1n) is 7.43. The average Bonchev–Trinajstić information content (AvgIpc) is 2.41. The minimum atomic E-state index is -0.346. The topological polar surface area (TPSA) is 41.5 Å². The second-order valence-electron chi connectivity index (χ2n) is 5.77. The van der Waals surface area contributed by atoms with E-state index in [0.29, 0.717) is 6.04 Å². The first kappa shape index (κ1) is 15.8. The van der Waals surface area contributed by atoms with E-state index in [0.717, 1.165) is 48.0 Å². The number of rotatable bonds is 5. The molecule has 112 valence electrons. The molecule has 1 fully saturated rings. The Morgan fingerprint density at radius 2 is 2.10 bits per heavy atom. The highest BCUT2D eigenvalue weighted by Gasteiger charge is 2.26. The van der Waals surface area contributed by atoms with Crippen LogP contribution in [0.3, 0.4) is 0 Å². The fourth-order valence-electron chi connectivity index (χ4n) is 2.50. The summed E-state index contributed by atoms with van der Waals surface area (Å²) in [7, 11) is 0. The summed E-state index contributed by atoms with van der Waals surface area (Å²) >= 11 is 3.57. The van der Waals surface area contributed by atoms with Gasteiger partial charge >= 0.3 is 0 Å². The van der Waals surface area contributed by atoms with E-state index in [-0.39, 0.29) is 12.2 Å². The molecule has 2 atom stereocenters. The zero-order chi connectivity index (χ0) is 14.5. The standard InChI is InChI=1S/C16H24BrNO2/c1-11(2)18-10-12-6-5-7-13(17)16(12)20-15-9-4-3-8-14(15)19/h5-7,11,14-15,18-19H,3-4,8-10H2,1-2H3. The van der Waals surface area contributed by atoms with E-state index in [4.69, 9.17) is 4.74 Å². The van der Waals surface area contributed by atoms with Crippen molar-refractivity contribution in [1.82, 2.24) is 5.32 Å². The van der Waals surface area contributed by atoms with E-state index in [2.05, 4.69) is 41.2 Å². The summed E-state index contributed by atoms with van der Waals surface area (Å²) in [6.07, 6.45) is 3.57. The Morgan fingerprint density at radius 3 is 2.80 bits per heavy atom.